The molecule has 0 aliphatic carbocycles. The van der Waals surface area contributed by atoms with E-state index in [1.165, 1.54) is 6.07 Å². The molecule has 1 aromatic carbocycles. The van der Waals surface area contributed by atoms with E-state index in [1.807, 2.05) is 13.0 Å². The summed E-state index contributed by atoms with van der Waals surface area (Å²) >= 11 is 1.55. The van der Waals surface area contributed by atoms with Crippen molar-refractivity contribution in [1.29, 1.82) is 0 Å². The Balaban J connectivity index is 3.10. The molecule has 0 aromatic heterocycles. The fourth-order valence-electron chi connectivity index (χ4n) is 2.26. The van der Waals surface area contributed by atoms with E-state index in [9.17, 15) is 10.1 Å². The molecule has 1 unspecified atom stereocenters. The Kier molecular flexibility index (Phi) is 8.08. The second kappa shape index (κ2) is 9.54. The summed E-state index contributed by atoms with van der Waals surface area (Å²) in [5.74, 6) is 6.17. The number of allylic oxidation sites excluding steroid dienone is 2. The number of nitro groups is 1. The first-order valence-electron chi connectivity index (χ1n) is 7.81. The zero-order valence-corrected chi connectivity index (χ0v) is 14.8. The van der Waals surface area contributed by atoms with E-state index in [0.29, 0.717) is 6.54 Å². The molecule has 7 heteroatoms. The molecule has 0 amide bonds. The van der Waals surface area contributed by atoms with Gasteiger partial charge in [-0.3, -0.25) is 10.1 Å². The van der Waals surface area contributed by atoms with Gasteiger partial charge in [-0.25, -0.2) is 5.84 Å². The molecule has 0 bridgehead atoms. The maximum Gasteiger partial charge on any atom is 0.270 e. The quantitative estimate of drug-likeness (QED) is 0.309. The molecule has 1 aromatic rings. The largest absolute Gasteiger partial charge is 0.326 e. The van der Waals surface area contributed by atoms with Gasteiger partial charge in [0.1, 0.15) is 0 Å². The standard InChI is InChI=1S/C16H26N4O2S/c1-4-7-16(15(5-2)19(18)11-12(3)17)23-14-9-6-8-13(10-14)20(21)22/h6,8-10,12H,4-5,7,11,17-18H2,1-3H3/b16-15+. The predicted octanol–water partition coefficient (Wildman–Crippen LogP) is 3.63. The predicted molar refractivity (Wildman–Crippen MR) is 95.7 cm³/mol. The highest BCUT2D eigenvalue weighted by molar-refractivity contribution is 8.03. The third-order valence-electron chi connectivity index (χ3n) is 3.23. The first-order chi connectivity index (χ1) is 10.9. The van der Waals surface area contributed by atoms with Gasteiger partial charge in [0.2, 0.25) is 0 Å². The summed E-state index contributed by atoms with van der Waals surface area (Å²) in [6, 6.07) is 6.66. The van der Waals surface area contributed by atoms with Crippen molar-refractivity contribution in [1.82, 2.24) is 5.01 Å². The summed E-state index contributed by atoms with van der Waals surface area (Å²) < 4.78 is 0. The molecule has 0 heterocycles. The Hall–Kier alpha value is -1.57. The molecule has 1 atom stereocenters. The van der Waals surface area contributed by atoms with Crippen LogP contribution in [0, 0.1) is 10.1 Å². The third kappa shape index (κ3) is 6.21. The van der Waals surface area contributed by atoms with Crippen LogP contribution < -0.4 is 11.6 Å². The summed E-state index contributed by atoms with van der Waals surface area (Å²) in [4.78, 5) is 12.5. The van der Waals surface area contributed by atoms with E-state index in [0.717, 1.165) is 34.8 Å². The van der Waals surface area contributed by atoms with Crippen molar-refractivity contribution in [3.05, 3.63) is 45.0 Å². The van der Waals surface area contributed by atoms with Crippen LogP contribution in [0.1, 0.15) is 40.0 Å². The number of non-ortho nitro benzene ring substituents is 1. The summed E-state index contributed by atoms with van der Waals surface area (Å²) in [7, 11) is 0. The van der Waals surface area contributed by atoms with Crippen LogP contribution in [-0.2, 0) is 0 Å². The molecule has 0 saturated heterocycles. The van der Waals surface area contributed by atoms with Crippen molar-refractivity contribution in [2.45, 2.75) is 51.0 Å². The molecular formula is C16H26N4O2S. The number of rotatable bonds is 9. The topological polar surface area (TPSA) is 98.4 Å². The highest BCUT2D eigenvalue weighted by Gasteiger charge is 2.14. The van der Waals surface area contributed by atoms with E-state index < -0.39 is 0 Å². The Morgan fingerprint density at radius 1 is 1.43 bits per heavy atom. The summed E-state index contributed by atoms with van der Waals surface area (Å²) in [6.07, 6.45) is 2.65. The monoisotopic (exact) mass is 338 g/mol. The van der Waals surface area contributed by atoms with Crippen LogP contribution in [0.5, 0.6) is 0 Å². The van der Waals surface area contributed by atoms with Crippen molar-refractivity contribution in [3.63, 3.8) is 0 Å². The van der Waals surface area contributed by atoms with Crippen molar-refractivity contribution in [3.8, 4) is 0 Å². The lowest BCUT2D eigenvalue weighted by Crippen LogP contribution is -2.40. The molecule has 0 aliphatic heterocycles. The van der Waals surface area contributed by atoms with E-state index in [4.69, 9.17) is 11.6 Å². The minimum absolute atomic E-state index is 0.0211. The van der Waals surface area contributed by atoms with E-state index in [1.54, 1.807) is 28.9 Å². The molecule has 0 aliphatic rings. The van der Waals surface area contributed by atoms with Gasteiger partial charge in [0.25, 0.3) is 5.69 Å². The maximum absolute atomic E-state index is 10.9. The minimum atomic E-state index is -0.376. The van der Waals surface area contributed by atoms with Crippen LogP contribution in [0.3, 0.4) is 0 Å². The fourth-order valence-corrected chi connectivity index (χ4v) is 3.56. The number of benzene rings is 1. The summed E-state index contributed by atoms with van der Waals surface area (Å²) in [6.45, 7) is 6.65. The van der Waals surface area contributed by atoms with Crippen LogP contribution in [0.15, 0.2) is 39.8 Å². The normalized spacial score (nSPS) is 13.4. The molecule has 0 fully saturated rings. The maximum atomic E-state index is 10.9. The molecule has 0 spiro atoms. The number of hydrogen-bond acceptors (Lipinski definition) is 6. The average Bonchev–Trinajstić information content (AvgIpc) is 2.47. The van der Waals surface area contributed by atoms with Gasteiger partial charge >= 0.3 is 0 Å². The van der Waals surface area contributed by atoms with E-state index >= 15 is 0 Å². The Bertz CT molecular complexity index is 561. The van der Waals surface area contributed by atoms with Crippen LogP contribution in [-0.4, -0.2) is 22.5 Å². The molecular weight excluding hydrogens is 312 g/mol. The van der Waals surface area contributed by atoms with Crippen molar-refractivity contribution in [2.75, 3.05) is 6.54 Å². The fraction of sp³-hybridized carbons (Fsp3) is 0.500. The van der Waals surface area contributed by atoms with Gasteiger partial charge in [0, 0.05) is 40.2 Å². The van der Waals surface area contributed by atoms with E-state index in [-0.39, 0.29) is 16.7 Å². The lowest BCUT2D eigenvalue weighted by molar-refractivity contribution is -0.385. The van der Waals surface area contributed by atoms with Crippen LogP contribution in [0.2, 0.25) is 0 Å². The van der Waals surface area contributed by atoms with Gasteiger partial charge in [0.05, 0.1) is 4.92 Å². The zero-order valence-electron chi connectivity index (χ0n) is 14.0. The highest BCUT2D eigenvalue weighted by atomic mass is 32.2. The second-order valence-electron chi connectivity index (χ2n) is 5.46. The van der Waals surface area contributed by atoms with Crippen LogP contribution >= 0.6 is 11.8 Å². The molecule has 1 rings (SSSR count). The van der Waals surface area contributed by atoms with Gasteiger partial charge in [-0.2, -0.15) is 0 Å². The van der Waals surface area contributed by atoms with Crippen LogP contribution in [0.4, 0.5) is 5.69 Å². The lowest BCUT2D eigenvalue weighted by atomic mass is 10.2. The minimum Gasteiger partial charge on any atom is -0.326 e. The second-order valence-corrected chi connectivity index (χ2v) is 6.63. The molecule has 6 nitrogen and oxygen atoms in total. The molecule has 0 saturated carbocycles. The van der Waals surface area contributed by atoms with Gasteiger partial charge in [-0.05, 0) is 25.8 Å². The number of nitro benzene ring substituents is 1. The number of hydrogen-bond donors (Lipinski definition) is 2. The molecule has 23 heavy (non-hydrogen) atoms. The summed E-state index contributed by atoms with van der Waals surface area (Å²) in [5, 5.41) is 12.6. The number of nitrogens with zero attached hydrogens (tertiary/aromatic N) is 2. The Morgan fingerprint density at radius 3 is 2.65 bits per heavy atom. The van der Waals surface area contributed by atoms with Gasteiger partial charge in [-0.1, -0.05) is 38.1 Å². The van der Waals surface area contributed by atoms with Crippen LogP contribution in [0.25, 0.3) is 0 Å². The lowest BCUT2D eigenvalue weighted by Gasteiger charge is -2.26. The third-order valence-corrected chi connectivity index (χ3v) is 4.41. The van der Waals surface area contributed by atoms with Gasteiger partial charge in [-0.15, -0.1) is 0 Å². The molecule has 128 valence electrons. The molecule has 0 radical (unpaired) electrons. The molecule has 4 N–H and O–H groups in total. The Labute approximate surface area is 142 Å². The highest BCUT2D eigenvalue weighted by Crippen LogP contribution is 2.35. The van der Waals surface area contributed by atoms with Gasteiger partial charge < -0.3 is 10.7 Å². The van der Waals surface area contributed by atoms with Crippen molar-refractivity contribution in [2.24, 2.45) is 11.6 Å². The first kappa shape index (κ1) is 19.5. The Morgan fingerprint density at radius 2 is 2.13 bits per heavy atom. The van der Waals surface area contributed by atoms with E-state index in [2.05, 4.69) is 13.8 Å². The summed E-state index contributed by atoms with van der Waals surface area (Å²) in [5.41, 5.74) is 6.98. The van der Waals surface area contributed by atoms with Gasteiger partial charge in [0.15, 0.2) is 0 Å². The first-order valence-corrected chi connectivity index (χ1v) is 8.62. The smallest absolute Gasteiger partial charge is 0.270 e. The van der Waals surface area contributed by atoms with Crippen molar-refractivity contribution >= 4 is 17.4 Å². The zero-order chi connectivity index (χ0) is 17.4. The number of hydrazine groups is 1. The average molecular weight is 338 g/mol. The van der Waals surface area contributed by atoms with Crippen molar-refractivity contribution < 1.29 is 4.92 Å². The number of nitrogens with two attached hydrogens (primary N) is 2. The SMILES string of the molecule is CCC/C(Sc1cccc([N+](=O)[O-])c1)=C(/CC)N(N)CC(C)N. The number of thioether (sulfide) groups is 1.